The minimum atomic E-state index is -3.96. The first-order chi connectivity index (χ1) is 8.44. The zero-order valence-corrected chi connectivity index (χ0v) is 11.3. The van der Waals surface area contributed by atoms with Gasteiger partial charge in [-0.15, -0.1) is 0 Å². The molecule has 0 heterocycles. The fourth-order valence-corrected chi connectivity index (χ4v) is 3.95. The van der Waals surface area contributed by atoms with Crippen molar-refractivity contribution in [2.24, 2.45) is 23.7 Å². The molecule has 0 saturated heterocycles. The Bertz CT molecular complexity index is 252. The van der Waals surface area contributed by atoms with E-state index in [9.17, 15) is 13.2 Å². The quantitative estimate of drug-likeness (QED) is 0.569. The monoisotopic (exact) mass is 266 g/mol. The Morgan fingerprint density at radius 2 is 1.28 bits per heavy atom. The predicted molar refractivity (Wildman–Crippen MR) is 71.5 cm³/mol. The van der Waals surface area contributed by atoms with Crippen LogP contribution in [-0.4, -0.2) is 6.18 Å². The molecule has 0 aromatic carbocycles. The Kier molecular flexibility index (Phi) is 4.60. The first-order valence-electron chi connectivity index (χ1n) is 7.51. The molecule has 3 heteroatoms. The molecule has 0 atom stereocenters. The summed E-state index contributed by atoms with van der Waals surface area (Å²) in [7, 11) is 0. The normalized spacial score (nSPS) is 38.7. The Labute approximate surface area is 111 Å². The maximum absolute atomic E-state index is 12.3. The van der Waals surface area contributed by atoms with Gasteiger partial charge in [-0.2, -0.15) is 13.2 Å². The summed E-state index contributed by atoms with van der Waals surface area (Å²) in [4.78, 5) is 0. The topological polar surface area (TPSA) is 0 Å². The molecule has 0 bridgehead atoms. The summed E-state index contributed by atoms with van der Waals surface area (Å²) in [6.07, 6.45) is 4.46. The van der Waals surface area contributed by atoms with Crippen molar-refractivity contribution in [2.45, 2.75) is 70.9 Å². The molecule has 0 radical (unpaired) electrons. The standard InChI is InChI=1S/C15H25F3.2H2/c1-11-2-6-13(7-3-11)14-8-4-12(5-9-14)10-15(16,17)18;;/h11-14H,2-10H2,1H3;2*1H. The predicted octanol–water partition coefficient (Wildman–Crippen LogP) is 6.06. The van der Waals surface area contributed by atoms with E-state index in [1.807, 2.05) is 0 Å². The van der Waals surface area contributed by atoms with Gasteiger partial charge in [0, 0.05) is 9.27 Å². The fraction of sp³-hybridized carbons (Fsp3) is 1.00. The Balaban J connectivity index is 0.00000180. The van der Waals surface area contributed by atoms with Crippen molar-refractivity contribution < 1.29 is 16.0 Å². The van der Waals surface area contributed by atoms with Gasteiger partial charge in [0.15, 0.2) is 0 Å². The lowest BCUT2D eigenvalue weighted by atomic mass is 9.69. The average Bonchev–Trinajstić information content (AvgIpc) is 2.29. The number of hydrogen-bond acceptors (Lipinski definition) is 0. The average molecular weight is 266 g/mol. The molecule has 2 fully saturated rings. The van der Waals surface area contributed by atoms with Crippen LogP contribution < -0.4 is 0 Å². The van der Waals surface area contributed by atoms with Crippen LogP contribution in [0.5, 0.6) is 0 Å². The maximum atomic E-state index is 12.3. The highest BCUT2D eigenvalue weighted by molar-refractivity contribution is 4.81. The molecule has 0 aromatic heterocycles. The van der Waals surface area contributed by atoms with Crippen molar-refractivity contribution in [2.75, 3.05) is 0 Å². The highest BCUT2D eigenvalue weighted by atomic mass is 19.4. The van der Waals surface area contributed by atoms with Crippen molar-refractivity contribution in [3.63, 3.8) is 0 Å². The summed E-state index contributed by atoms with van der Waals surface area (Å²) in [6.45, 7) is 2.32. The second-order valence-electron chi connectivity index (χ2n) is 6.62. The zero-order chi connectivity index (χ0) is 13.2. The SMILES string of the molecule is CC1CCC(C2CCC(CC(F)(F)F)CC2)CC1.[HH].[HH]. The van der Waals surface area contributed by atoms with E-state index in [0.717, 1.165) is 43.4 Å². The lowest BCUT2D eigenvalue weighted by molar-refractivity contribution is -0.147. The first kappa shape index (κ1) is 14.2. The number of rotatable bonds is 2. The minimum absolute atomic E-state index is 0. The van der Waals surface area contributed by atoms with Gasteiger partial charge < -0.3 is 0 Å². The summed E-state index contributed by atoms with van der Waals surface area (Å²) >= 11 is 0. The smallest absolute Gasteiger partial charge is 0.171 e. The number of hydrogen-bond donors (Lipinski definition) is 0. The van der Waals surface area contributed by atoms with Gasteiger partial charge in [-0.1, -0.05) is 19.8 Å². The van der Waals surface area contributed by atoms with Gasteiger partial charge in [-0.3, -0.25) is 0 Å². The summed E-state index contributed by atoms with van der Waals surface area (Å²) < 4.78 is 37.0. The third-order valence-electron chi connectivity index (χ3n) is 5.14. The van der Waals surface area contributed by atoms with Crippen LogP contribution in [0.3, 0.4) is 0 Å². The summed E-state index contributed by atoms with van der Waals surface area (Å²) in [5, 5.41) is 0. The second-order valence-corrected chi connectivity index (χ2v) is 6.62. The van der Waals surface area contributed by atoms with Gasteiger partial charge in [0.05, 0.1) is 0 Å². The van der Waals surface area contributed by atoms with Gasteiger partial charge in [0.25, 0.3) is 0 Å². The molecule has 0 amide bonds. The van der Waals surface area contributed by atoms with Gasteiger partial charge >= 0.3 is 6.18 Å². The van der Waals surface area contributed by atoms with Gasteiger partial charge in [0.1, 0.15) is 0 Å². The fourth-order valence-electron chi connectivity index (χ4n) is 3.95. The number of halogens is 3. The summed E-state index contributed by atoms with van der Waals surface area (Å²) in [5.41, 5.74) is 0. The Hall–Kier alpha value is -0.210. The molecule has 0 aromatic rings. The lowest BCUT2D eigenvalue weighted by Crippen LogP contribution is -2.27. The summed E-state index contributed by atoms with van der Waals surface area (Å²) in [6, 6.07) is 0. The molecule has 0 nitrogen and oxygen atoms in total. The van der Waals surface area contributed by atoms with Crippen molar-refractivity contribution in [3.05, 3.63) is 0 Å². The molecule has 0 unspecified atom stereocenters. The van der Waals surface area contributed by atoms with E-state index in [2.05, 4.69) is 6.92 Å². The molecule has 110 valence electrons. The van der Waals surface area contributed by atoms with Crippen LogP contribution in [0.4, 0.5) is 13.2 Å². The van der Waals surface area contributed by atoms with Crippen LogP contribution in [0.15, 0.2) is 0 Å². The van der Waals surface area contributed by atoms with Gasteiger partial charge in [-0.25, -0.2) is 0 Å². The molecule has 2 rings (SSSR count). The molecule has 2 aliphatic carbocycles. The summed E-state index contributed by atoms with van der Waals surface area (Å²) in [5.74, 6) is 2.31. The second kappa shape index (κ2) is 5.83. The highest BCUT2D eigenvalue weighted by Gasteiger charge is 2.35. The molecular formula is C15H29F3. The first-order valence-corrected chi connectivity index (χ1v) is 7.51. The van der Waals surface area contributed by atoms with Crippen molar-refractivity contribution >= 4 is 0 Å². The molecule has 2 saturated carbocycles. The van der Waals surface area contributed by atoms with E-state index in [1.165, 1.54) is 25.7 Å². The van der Waals surface area contributed by atoms with Crippen molar-refractivity contribution in [1.82, 2.24) is 0 Å². The van der Waals surface area contributed by atoms with E-state index < -0.39 is 12.6 Å². The maximum Gasteiger partial charge on any atom is 0.389 e. The zero-order valence-electron chi connectivity index (χ0n) is 11.3. The van der Waals surface area contributed by atoms with Crippen LogP contribution in [0, 0.1) is 23.7 Å². The van der Waals surface area contributed by atoms with Crippen molar-refractivity contribution in [3.8, 4) is 0 Å². The minimum Gasteiger partial charge on any atom is -0.171 e. The van der Waals surface area contributed by atoms with E-state index in [1.54, 1.807) is 0 Å². The molecule has 2 aliphatic rings. The van der Waals surface area contributed by atoms with E-state index >= 15 is 0 Å². The van der Waals surface area contributed by atoms with Crippen LogP contribution in [0.2, 0.25) is 0 Å². The molecule has 0 aliphatic heterocycles. The largest absolute Gasteiger partial charge is 0.389 e. The van der Waals surface area contributed by atoms with Crippen LogP contribution in [0.1, 0.15) is 67.6 Å². The van der Waals surface area contributed by atoms with E-state index in [0.29, 0.717) is 0 Å². The highest BCUT2D eigenvalue weighted by Crippen LogP contribution is 2.43. The van der Waals surface area contributed by atoms with Gasteiger partial charge in [0.2, 0.25) is 0 Å². The van der Waals surface area contributed by atoms with Crippen LogP contribution in [0.25, 0.3) is 0 Å². The molecule has 18 heavy (non-hydrogen) atoms. The van der Waals surface area contributed by atoms with Crippen LogP contribution in [-0.2, 0) is 0 Å². The third kappa shape index (κ3) is 4.17. The Morgan fingerprint density at radius 3 is 1.72 bits per heavy atom. The molecular weight excluding hydrogens is 237 g/mol. The number of alkyl halides is 3. The Morgan fingerprint density at radius 1 is 0.833 bits per heavy atom. The molecule has 0 spiro atoms. The van der Waals surface area contributed by atoms with Crippen molar-refractivity contribution in [1.29, 1.82) is 0 Å². The van der Waals surface area contributed by atoms with E-state index in [4.69, 9.17) is 0 Å². The van der Waals surface area contributed by atoms with Gasteiger partial charge in [-0.05, 0) is 62.2 Å². The third-order valence-corrected chi connectivity index (χ3v) is 5.14. The van der Waals surface area contributed by atoms with E-state index in [-0.39, 0.29) is 8.77 Å². The molecule has 0 N–H and O–H groups in total. The lowest BCUT2D eigenvalue weighted by Gasteiger charge is -2.37. The van der Waals surface area contributed by atoms with Crippen LogP contribution >= 0.6 is 0 Å².